The molecule has 0 unspecified atom stereocenters. The molecule has 1 aromatic rings. The Balaban J connectivity index is 2.75. The van der Waals surface area contributed by atoms with Crippen molar-refractivity contribution in [2.75, 3.05) is 18.0 Å². The molecule has 1 rings (SSSR count). The lowest BCUT2D eigenvalue weighted by Crippen LogP contribution is -2.21. The quantitative estimate of drug-likeness (QED) is 0.702. The molecule has 0 spiro atoms. The van der Waals surface area contributed by atoms with Crippen molar-refractivity contribution in [2.45, 2.75) is 20.3 Å². The Hall–Kier alpha value is -1.24. The van der Waals surface area contributed by atoms with Crippen LogP contribution in [0.4, 0.5) is 5.69 Å². The third-order valence-corrected chi connectivity index (χ3v) is 2.50. The van der Waals surface area contributed by atoms with Gasteiger partial charge in [-0.2, -0.15) is 0 Å². The number of hydrogen-bond acceptors (Lipinski definition) is 1. The second-order valence-corrected chi connectivity index (χ2v) is 3.45. The van der Waals surface area contributed by atoms with E-state index in [1.54, 1.807) is 0 Å². The molecule has 81 valence electrons. The maximum atomic E-state index is 3.78. The van der Waals surface area contributed by atoms with Gasteiger partial charge in [0.1, 0.15) is 0 Å². The minimum absolute atomic E-state index is 0.845. The van der Waals surface area contributed by atoms with Gasteiger partial charge in [-0.15, -0.1) is 0 Å². The van der Waals surface area contributed by atoms with E-state index in [4.69, 9.17) is 0 Å². The van der Waals surface area contributed by atoms with E-state index in [0.717, 1.165) is 19.5 Å². The summed E-state index contributed by atoms with van der Waals surface area (Å²) >= 11 is 0. The van der Waals surface area contributed by atoms with Crippen molar-refractivity contribution in [3.8, 4) is 0 Å². The highest BCUT2D eigenvalue weighted by molar-refractivity contribution is 5.55. The van der Waals surface area contributed by atoms with Gasteiger partial charge in [-0.25, -0.2) is 0 Å². The van der Waals surface area contributed by atoms with Gasteiger partial charge in [0.2, 0.25) is 0 Å². The Kier molecular flexibility index (Phi) is 4.96. The van der Waals surface area contributed by atoms with Crippen LogP contribution in [0.1, 0.15) is 25.8 Å². The molecule has 0 aromatic heterocycles. The van der Waals surface area contributed by atoms with Crippen molar-refractivity contribution in [1.29, 1.82) is 0 Å². The van der Waals surface area contributed by atoms with E-state index < -0.39 is 0 Å². The lowest BCUT2D eigenvalue weighted by atomic mass is 10.1. The molecule has 0 amide bonds. The minimum atomic E-state index is 0.845. The van der Waals surface area contributed by atoms with Gasteiger partial charge in [-0.05, 0) is 44.9 Å². The first-order valence-corrected chi connectivity index (χ1v) is 5.62. The fourth-order valence-electron chi connectivity index (χ4n) is 1.60. The predicted octanol–water partition coefficient (Wildman–Crippen LogP) is 3.77. The predicted molar refractivity (Wildman–Crippen MR) is 69.0 cm³/mol. The first-order valence-electron chi connectivity index (χ1n) is 5.62. The molecular weight excluding hydrogens is 182 g/mol. The second-order valence-electron chi connectivity index (χ2n) is 3.45. The smallest absolute Gasteiger partial charge is 0.0366 e. The van der Waals surface area contributed by atoms with Crippen LogP contribution < -0.4 is 4.90 Å². The van der Waals surface area contributed by atoms with Crippen LogP contribution in [0.25, 0.3) is 6.08 Å². The molecule has 1 aromatic carbocycles. The van der Waals surface area contributed by atoms with E-state index in [-0.39, 0.29) is 0 Å². The van der Waals surface area contributed by atoms with Gasteiger partial charge >= 0.3 is 0 Å². The van der Waals surface area contributed by atoms with Gasteiger partial charge in [0.05, 0.1) is 0 Å². The van der Waals surface area contributed by atoms with E-state index >= 15 is 0 Å². The van der Waals surface area contributed by atoms with E-state index in [1.165, 1.54) is 11.3 Å². The zero-order chi connectivity index (χ0) is 11.1. The summed E-state index contributed by atoms with van der Waals surface area (Å²) in [6.07, 6.45) is 5.03. The SMILES string of the molecule is [CH2]CC=Cc1ccc(N(CC)CC)cc1. The van der Waals surface area contributed by atoms with Gasteiger partial charge in [0.15, 0.2) is 0 Å². The topological polar surface area (TPSA) is 3.24 Å². The monoisotopic (exact) mass is 202 g/mol. The van der Waals surface area contributed by atoms with Crippen molar-refractivity contribution < 1.29 is 0 Å². The molecule has 1 nitrogen and oxygen atoms in total. The van der Waals surface area contributed by atoms with Crippen molar-refractivity contribution in [1.82, 2.24) is 0 Å². The Morgan fingerprint density at radius 3 is 2.20 bits per heavy atom. The van der Waals surface area contributed by atoms with Crippen LogP contribution in [0.2, 0.25) is 0 Å². The highest BCUT2D eigenvalue weighted by Crippen LogP contribution is 2.15. The molecule has 0 atom stereocenters. The fourth-order valence-corrected chi connectivity index (χ4v) is 1.60. The Morgan fingerprint density at radius 2 is 1.73 bits per heavy atom. The third kappa shape index (κ3) is 3.43. The number of anilines is 1. The summed E-state index contributed by atoms with van der Waals surface area (Å²) < 4.78 is 0. The molecule has 0 saturated carbocycles. The molecule has 0 aliphatic rings. The highest BCUT2D eigenvalue weighted by Gasteiger charge is 1.99. The van der Waals surface area contributed by atoms with E-state index in [0.29, 0.717) is 0 Å². The van der Waals surface area contributed by atoms with Crippen molar-refractivity contribution >= 4 is 11.8 Å². The van der Waals surface area contributed by atoms with Crippen LogP contribution >= 0.6 is 0 Å². The summed E-state index contributed by atoms with van der Waals surface area (Å²) in [6.45, 7) is 10.3. The molecule has 0 aliphatic heterocycles. The van der Waals surface area contributed by atoms with Gasteiger partial charge in [-0.3, -0.25) is 0 Å². The lowest BCUT2D eigenvalue weighted by Gasteiger charge is -2.20. The number of rotatable bonds is 5. The van der Waals surface area contributed by atoms with Gasteiger partial charge in [0, 0.05) is 18.8 Å². The Morgan fingerprint density at radius 1 is 1.13 bits per heavy atom. The van der Waals surface area contributed by atoms with E-state index in [1.807, 2.05) is 0 Å². The molecule has 0 bridgehead atoms. The zero-order valence-corrected chi connectivity index (χ0v) is 9.74. The molecule has 1 heteroatoms. The Labute approximate surface area is 93.4 Å². The second kappa shape index (κ2) is 6.28. The van der Waals surface area contributed by atoms with Gasteiger partial charge in [0.25, 0.3) is 0 Å². The molecule has 0 heterocycles. The highest BCUT2D eigenvalue weighted by atomic mass is 15.1. The van der Waals surface area contributed by atoms with Crippen molar-refractivity contribution in [3.05, 3.63) is 42.8 Å². The number of benzene rings is 1. The molecular formula is C14H20N. The average molecular weight is 202 g/mol. The minimum Gasteiger partial charge on any atom is -0.372 e. The lowest BCUT2D eigenvalue weighted by molar-refractivity contribution is 0.866. The largest absolute Gasteiger partial charge is 0.372 e. The molecule has 0 saturated heterocycles. The summed E-state index contributed by atoms with van der Waals surface area (Å²) in [4.78, 5) is 2.34. The van der Waals surface area contributed by atoms with E-state index in [2.05, 4.69) is 62.1 Å². The molecule has 15 heavy (non-hydrogen) atoms. The van der Waals surface area contributed by atoms with Crippen LogP contribution in [0.15, 0.2) is 30.3 Å². The summed E-state index contributed by atoms with van der Waals surface area (Å²) in [6, 6.07) is 8.66. The fraction of sp³-hybridized carbons (Fsp3) is 0.357. The maximum absolute atomic E-state index is 3.78. The maximum Gasteiger partial charge on any atom is 0.0366 e. The van der Waals surface area contributed by atoms with Gasteiger partial charge in [-0.1, -0.05) is 24.3 Å². The summed E-state index contributed by atoms with van der Waals surface area (Å²) in [5, 5.41) is 0. The summed E-state index contributed by atoms with van der Waals surface area (Å²) in [7, 11) is 0. The number of allylic oxidation sites excluding steroid dienone is 1. The zero-order valence-electron chi connectivity index (χ0n) is 9.74. The Bertz CT molecular complexity index is 294. The average Bonchev–Trinajstić information content (AvgIpc) is 2.29. The van der Waals surface area contributed by atoms with Crippen molar-refractivity contribution in [3.63, 3.8) is 0 Å². The molecule has 0 fully saturated rings. The summed E-state index contributed by atoms with van der Waals surface area (Å²) in [5.41, 5.74) is 2.54. The van der Waals surface area contributed by atoms with Crippen LogP contribution in [0.3, 0.4) is 0 Å². The number of hydrogen-bond donors (Lipinski definition) is 0. The molecule has 0 aliphatic carbocycles. The first kappa shape index (κ1) is 11.8. The molecule has 1 radical (unpaired) electrons. The normalized spacial score (nSPS) is 10.9. The molecule has 0 N–H and O–H groups in total. The van der Waals surface area contributed by atoms with Crippen molar-refractivity contribution in [2.24, 2.45) is 0 Å². The standard InChI is InChI=1S/C14H20N/c1-4-7-8-13-9-11-14(12-10-13)15(5-2)6-3/h7-12H,1,4-6H2,2-3H3. The first-order chi connectivity index (χ1) is 7.31. The number of nitrogens with zero attached hydrogens (tertiary/aromatic N) is 1. The van der Waals surface area contributed by atoms with Crippen LogP contribution in [0, 0.1) is 6.92 Å². The van der Waals surface area contributed by atoms with E-state index in [9.17, 15) is 0 Å². The van der Waals surface area contributed by atoms with Crippen LogP contribution in [-0.4, -0.2) is 13.1 Å². The van der Waals surface area contributed by atoms with Gasteiger partial charge < -0.3 is 4.90 Å². The van der Waals surface area contributed by atoms with Crippen LogP contribution in [0.5, 0.6) is 0 Å². The third-order valence-electron chi connectivity index (χ3n) is 2.50. The van der Waals surface area contributed by atoms with Crippen LogP contribution in [-0.2, 0) is 0 Å². The summed E-state index contributed by atoms with van der Waals surface area (Å²) in [5.74, 6) is 0.